The molecule has 1 aromatic heterocycles. The van der Waals surface area contributed by atoms with Crippen LogP contribution < -0.4 is 9.30 Å². The number of carbonyl (C=O) groups is 1. The Morgan fingerprint density at radius 1 is 1.04 bits per heavy atom. The lowest BCUT2D eigenvalue weighted by Crippen LogP contribution is -2.42. The number of fused-ring (bicyclic) bond motifs is 1. The SMILES string of the molecule is CCc1c(C(C)=O)[n+](-c2ccc(OC)cc2)c(C)c2ccccc12. The van der Waals surface area contributed by atoms with Crippen molar-refractivity contribution in [2.45, 2.75) is 27.2 Å². The molecule has 0 bridgehead atoms. The number of carbonyl (C=O) groups excluding carboxylic acids is 1. The third kappa shape index (κ3) is 2.56. The number of methoxy groups -OCH3 is 1. The Morgan fingerprint density at radius 3 is 2.21 bits per heavy atom. The maximum Gasteiger partial charge on any atom is 0.258 e. The van der Waals surface area contributed by atoms with Crippen LogP contribution in [-0.2, 0) is 6.42 Å². The van der Waals surface area contributed by atoms with E-state index in [1.807, 2.05) is 36.4 Å². The predicted molar refractivity (Wildman–Crippen MR) is 96.2 cm³/mol. The van der Waals surface area contributed by atoms with E-state index in [-0.39, 0.29) is 5.78 Å². The zero-order valence-electron chi connectivity index (χ0n) is 14.6. The molecule has 2 aromatic carbocycles. The Kier molecular flexibility index (Phi) is 4.34. The van der Waals surface area contributed by atoms with Crippen molar-refractivity contribution in [3.8, 4) is 11.4 Å². The zero-order valence-corrected chi connectivity index (χ0v) is 14.6. The van der Waals surface area contributed by atoms with Crippen LogP contribution in [0, 0.1) is 6.92 Å². The number of Topliss-reactive ketones (excluding diaryl/α,β-unsaturated/α-hetero) is 1. The van der Waals surface area contributed by atoms with Gasteiger partial charge in [-0.25, -0.2) is 0 Å². The minimum absolute atomic E-state index is 0.0801. The third-order valence-corrected chi connectivity index (χ3v) is 4.50. The van der Waals surface area contributed by atoms with Crippen molar-refractivity contribution in [3.63, 3.8) is 0 Å². The van der Waals surface area contributed by atoms with E-state index in [1.54, 1.807) is 14.0 Å². The molecule has 0 atom stereocenters. The number of hydrogen-bond acceptors (Lipinski definition) is 2. The first-order chi connectivity index (χ1) is 11.6. The van der Waals surface area contributed by atoms with Gasteiger partial charge < -0.3 is 4.74 Å². The number of aromatic nitrogens is 1. The van der Waals surface area contributed by atoms with Crippen LogP contribution in [0.2, 0.25) is 0 Å². The molecule has 0 N–H and O–H groups in total. The Bertz CT molecular complexity index is 911. The second-order valence-electron chi connectivity index (χ2n) is 5.90. The summed E-state index contributed by atoms with van der Waals surface area (Å²) in [6, 6.07) is 16.1. The number of benzene rings is 2. The van der Waals surface area contributed by atoms with Crippen molar-refractivity contribution < 1.29 is 14.1 Å². The highest BCUT2D eigenvalue weighted by Crippen LogP contribution is 2.25. The van der Waals surface area contributed by atoms with Crippen LogP contribution in [0.3, 0.4) is 0 Å². The second kappa shape index (κ2) is 6.44. The van der Waals surface area contributed by atoms with Crippen molar-refractivity contribution in [2.75, 3.05) is 7.11 Å². The van der Waals surface area contributed by atoms with Gasteiger partial charge in [0.05, 0.1) is 7.11 Å². The summed E-state index contributed by atoms with van der Waals surface area (Å²) in [4.78, 5) is 12.5. The molecular weight excluding hydrogens is 298 g/mol. The molecule has 3 heteroatoms. The van der Waals surface area contributed by atoms with E-state index in [0.29, 0.717) is 0 Å². The van der Waals surface area contributed by atoms with Crippen LogP contribution in [0.4, 0.5) is 0 Å². The van der Waals surface area contributed by atoms with Crippen molar-refractivity contribution >= 4 is 16.6 Å². The smallest absolute Gasteiger partial charge is 0.258 e. The summed E-state index contributed by atoms with van der Waals surface area (Å²) in [5.41, 5.74) is 3.90. The van der Waals surface area contributed by atoms with Gasteiger partial charge in [0, 0.05) is 36.9 Å². The summed E-state index contributed by atoms with van der Waals surface area (Å²) < 4.78 is 7.32. The number of ether oxygens (including phenoxy) is 1. The van der Waals surface area contributed by atoms with Crippen LogP contribution in [-0.4, -0.2) is 12.9 Å². The minimum atomic E-state index is 0.0801. The summed E-state index contributed by atoms with van der Waals surface area (Å²) in [6.07, 6.45) is 0.811. The normalized spacial score (nSPS) is 10.8. The van der Waals surface area contributed by atoms with Crippen molar-refractivity contribution in [2.24, 2.45) is 0 Å². The van der Waals surface area contributed by atoms with E-state index in [2.05, 4.69) is 30.5 Å². The van der Waals surface area contributed by atoms with Gasteiger partial charge >= 0.3 is 0 Å². The second-order valence-corrected chi connectivity index (χ2v) is 5.90. The quantitative estimate of drug-likeness (QED) is 0.533. The van der Waals surface area contributed by atoms with Crippen molar-refractivity contribution in [1.82, 2.24) is 0 Å². The molecule has 1 heterocycles. The topological polar surface area (TPSA) is 30.2 Å². The number of nitrogens with zero attached hydrogens (tertiary/aromatic N) is 1. The first kappa shape index (κ1) is 16.2. The number of pyridine rings is 1. The van der Waals surface area contributed by atoms with Gasteiger partial charge in [0.15, 0.2) is 5.69 Å². The highest BCUT2D eigenvalue weighted by atomic mass is 16.5. The molecule has 0 aliphatic rings. The number of hydrogen-bond donors (Lipinski definition) is 0. The van der Waals surface area contributed by atoms with E-state index in [9.17, 15) is 4.79 Å². The number of rotatable bonds is 4. The number of ketones is 1. The highest BCUT2D eigenvalue weighted by molar-refractivity contribution is 5.98. The summed E-state index contributed by atoms with van der Waals surface area (Å²) in [6.45, 7) is 5.81. The van der Waals surface area contributed by atoms with Crippen LogP contribution in [0.5, 0.6) is 5.75 Å². The predicted octanol–water partition coefficient (Wildman–Crippen LogP) is 4.20. The lowest BCUT2D eigenvalue weighted by atomic mass is 9.97. The summed E-state index contributed by atoms with van der Waals surface area (Å²) >= 11 is 0. The van der Waals surface area contributed by atoms with Crippen molar-refractivity contribution in [1.29, 1.82) is 0 Å². The fourth-order valence-electron chi connectivity index (χ4n) is 3.39. The molecule has 3 nitrogen and oxygen atoms in total. The Morgan fingerprint density at radius 2 is 1.67 bits per heavy atom. The van der Waals surface area contributed by atoms with Crippen LogP contribution in [0.25, 0.3) is 16.5 Å². The van der Waals surface area contributed by atoms with Gasteiger partial charge in [0.2, 0.25) is 11.5 Å². The molecule has 0 aliphatic heterocycles. The molecule has 122 valence electrons. The molecule has 0 radical (unpaired) electrons. The average molecular weight is 320 g/mol. The molecule has 0 aliphatic carbocycles. The Balaban J connectivity index is 2.42. The standard InChI is InChI=1S/C21H22NO2/c1-5-18-20-9-7-6-8-19(20)14(2)22(21(18)15(3)23)16-10-12-17(24-4)13-11-16/h6-13H,5H2,1-4H3/q+1. The fourth-order valence-corrected chi connectivity index (χ4v) is 3.39. The first-order valence-electron chi connectivity index (χ1n) is 8.20. The van der Waals surface area contributed by atoms with Crippen LogP contribution in [0.1, 0.15) is 35.6 Å². The van der Waals surface area contributed by atoms with Crippen LogP contribution in [0.15, 0.2) is 48.5 Å². The van der Waals surface area contributed by atoms with Gasteiger partial charge in [0.1, 0.15) is 5.75 Å². The lowest BCUT2D eigenvalue weighted by Gasteiger charge is -2.13. The summed E-state index contributed by atoms with van der Waals surface area (Å²) in [5, 5.41) is 2.34. The fraction of sp³-hybridized carbons (Fsp3) is 0.238. The minimum Gasteiger partial charge on any atom is -0.497 e. The molecule has 3 aromatic rings. The van der Waals surface area contributed by atoms with Gasteiger partial charge in [-0.3, -0.25) is 4.79 Å². The summed E-state index contributed by atoms with van der Waals surface area (Å²) in [5.74, 6) is 0.884. The maximum absolute atomic E-state index is 12.5. The maximum atomic E-state index is 12.5. The lowest BCUT2D eigenvalue weighted by molar-refractivity contribution is -0.603. The molecule has 0 unspecified atom stereocenters. The van der Waals surface area contributed by atoms with Gasteiger partial charge in [-0.15, -0.1) is 0 Å². The van der Waals surface area contributed by atoms with Gasteiger partial charge in [-0.1, -0.05) is 25.1 Å². The number of aryl methyl sites for hydroxylation is 2. The molecule has 0 saturated heterocycles. The molecule has 24 heavy (non-hydrogen) atoms. The van der Waals surface area contributed by atoms with E-state index in [0.717, 1.165) is 40.2 Å². The van der Waals surface area contributed by atoms with Gasteiger partial charge in [-0.2, -0.15) is 4.57 Å². The van der Waals surface area contributed by atoms with Crippen molar-refractivity contribution in [3.05, 3.63) is 65.5 Å². The first-order valence-corrected chi connectivity index (χ1v) is 8.20. The molecule has 0 spiro atoms. The Labute approximate surface area is 142 Å². The molecule has 0 saturated carbocycles. The Hall–Kier alpha value is -2.68. The van der Waals surface area contributed by atoms with E-state index in [4.69, 9.17) is 4.74 Å². The van der Waals surface area contributed by atoms with Gasteiger partial charge in [0.25, 0.3) is 5.69 Å². The largest absolute Gasteiger partial charge is 0.497 e. The molecule has 0 amide bonds. The van der Waals surface area contributed by atoms with E-state index in [1.165, 1.54) is 5.39 Å². The molecule has 3 rings (SSSR count). The molecule has 0 fully saturated rings. The average Bonchev–Trinajstić information content (AvgIpc) is 2.61. The van der Waals surface area contributed by atoms with Crippen LogP contribution >= 0.6 is 0 Å². The van der Waals surface area contributed by atoms with E-state index >= 15 is 0 Å². The van der Waals surface area contributed by atoms with Gasteiger partial charge in [-0.05, 0) is 30.0 Å². The third-order valence-electron chi connectivity index (χ3n) is 4.50. The highest BCUT2D eigenvalue weighted by Gasteiger charge is 2.28. The molecular formula is C21H22NO2+. The summed E-state index contributed by atoms with van der Waals surface area (Å²) in [7, 11) is 1.65. The zero-order chi connectivity index (χ0) is 17.3. The monoisotopic (exact) mass is 320 g/mol. The van der Waals surface area contributed by atoms with E-state index < -0.39 is 0 Å².